The van der Waals surface area contributed by atoms with Gasteiger partial charge in [0.2, 0.25) is 0 Å². The largest absolute Gasteiger partial charge is 0.453 e. The minimum absolute atomic E-state index is 0.526. The van der Waals surface area contributed by atoms with Crippen LogP contribution in [0.15, 0.2) is 73.3 Å². The maximum absolute atomic E-state index is 13.1. The van der Waals surface area contributed by atoms with Gasteiger partial charge in [0.25, 0.3) is 0 Å². The standard InChI is InChI=1S/C23H25NO4/c1-5-18-21(25)27-20(17-14-10-7-11-15-17)19(16-12-8-6-9-13-16)24(18)22(26)28-23(2,3)4/h5-15,18-20H,1H2,2-4H3/t18-,19+,20-/m1/s1. The van der Waals surface area contributed by atoms with Crippen molar-refractivity contribution in [1.82, 2.24) is 4.90 Å². The van der Waals surface area contributed by atoms with E-state index in [1.165, 1.54) is 11.0 Å². The van der Waals surface area contributed by atoms with Gasteiger partial charge in [-0.2, -0.15) is 0 Å². The van der Waals surface area contributed by atoms with E-state index in [9.17, 15) is 9.59 Å². The second-order valence-corrected chi connectivity index (χ2v) is 7.69. The van der Waals surface area contributed by atoms with Crippen LogP contribution in [0, 0.1) is 0 Å². The van der Waals surface area contributed by atoms with Gasteiger partial charge in [-0.1, -0.05) is 66.7 Å². The van der Waals surface area contributed by atoms with Crippen LogP contribution in [0.5, 0.6) is 0 Å². The summed E-state index contributed by atoms with van der Waals surface area (Å²) in [5.74, 6) is -0.526. The molecule has 0 aromatic heterocycles. The molecule has 1 amide bonds. The molecule has 0 unspecified atom stereocenters. The first-order valence-electron chi connectivity index (χ1n) is 9.26. The fourth-order valence-corrected chi connectivity index (χ4v) is 3.32. The van der Waals surface area contributed by atoms with Gasteiger partial charge in [-0.05, 0) is 31.9 Å². The van der Waals surface area contributed by atoms with Crippen LogP contribution in [0.25, 0.3) is 0 Å². The summed E-state index contributed by atoms with van der Waals surface area (Å²) in [6.45, 7) is 9.12. The molecule has 1 heterocycles. The van der Waals surface area contributed by atoms with Crippen LogP contribution in [0.1, 0.15) is 44.0 Å². The lowest BCUT2D eigenvalue weighted by atomic mass is 9.91. The van der Waals surface area contributed by atoms with Gasteiger partial charge in [0.1, 0.15) is 11.6 Å². The number of ether oxygens (including phenoxy) is 2. The van der Waals surface area contributed by atoms with Crippen molar-refractivity contribution in [2.24, 2.45) is 0 Å². The van der Waals surface area contributed by atoms with E-state index in [4.69, 9.17) is 9.47 Å². The van der Waals surface area contributed by atoms with Gasteiger partial charge in [-0.15, -0.1) is 6.58 Å². The van der Waals surface area contributed by atoms with E-state index < -0.39 is 35.9 Å². The van der Waals surface area contributed by atoms with E-state index in [1.54, 1.807) is 20.8 Å². The molecule has 146 valence electrons. The Hall–Kier alpha value is -3.08. The fourth-order valence-electron chi connectivity index (χ4n) is 3.32. The minimum atomic E-state index is -0.931. The summed E-state index contributed by atoms with van der Waals surface area (Å²) in [5.41, 5.74) is 0.954. The number of carbonyl (C=O) groups excluding carboxylic acids is 2. The van der Waals surface area contributed by atoms with Gasteiger partial charge in [0, 0.05) is 0 Å². The molecule has 3 atom stereocenters. The fraction of sp³-hybridized carbons (Fsp3) is 0.304. The molecule has 5 nitrogen and oxygen atoms in total. The number of hydrogen-bond acceptors (Lipinski definition) is 4. The number of rotatable bonds is 3. The van der Waals surface area contributed by atoms with Crippen LogP contribution in [-0.4, -0.2) is 28.6 Å². The van der Waals surface area contributed by atoms with E-state index in [1.807, 2.05) is 60.7 Å². The number of benzene rings is 2. The molecule has 1 fully saturated rings. The zero-order valence-electron chi connectivity index (χ0n) is 16.4. The predicted molar refractivity (Wildman–Crippen MR) is 107 cm³/mol. The van der Waals surface area contributed by atoms with Crippen molar-refractivity contribution in [3.63, 3.8) is 0 Å². The van der Waals surface area contributed by atoms with Crippen LogP contribution in [0.4, 0.5) is 4.79 Å². The highest BCUT2D eigenvalue weighted by Crippen LogP contribution is 2.42. The summed E-state index contributed by atoms with van der Waals surface area (Å²) >= 11 is 0. The molecule has 0 bridgehead atoms. The number of carbonyl (C=O) groups is 2. The lowest BCUT2D eigenvalue weighted by Gasteiger charge is -2.44. The molecule has 28 heavy (non-hydrogen) atoms. The molecule has 0 N–H and O–H groups in total. The summed E-state index contributed by atoms with van der Waals surface area (Å²) in [5, 5.41) is 0. The number of cyclic esters (lactones) is 1. The van der Waals surface area contributed by atoms with Crippen LogP contribution < -0.4 is 0 Å². The topological polar surface area (TPSA) is 55.8 Å². The Kier molecular flexibility index (Phi) is 5.54. The van der Waals surface area contributed by atoms with Crippen LogP contribution in [0.2, 0.25) is 0 Å². The Morgan fingerprint density at radius 3 is 2.07 bits per heavy atom. The first-order valence-corrected chi connectivity index (χ1v) is 9.26. The zero-order valence-corrected chi connectivity index (χ0v) is 16.4. The Morgan fingerprint density at radius 1 is 1.04 bits per heavy atom. The highest BCUT2D eigenvalue weighted by Gasteiger charge is 2.47. The van der Waals surface area contributed by atoms with E-state index >= 15 is 0 Å². The Bertz CT molecular complexity index is 842. The molecular weight excluding hydrogens is 354 g/mol. The first kappa shape index (κ1) is 19.7. The average molecular weight is 379 g/mol. The third kappa shape index (κ3) is 4.09. The minimum Gasteiger partial charge on any atom is -0.453 e. The van der Waals surface area contributed by atoms with Crippen molar-refractivity contribution in [2.45, 2.75) is 44.6 Å². The first-order chi connectivity index (χ1) is 13.3. The summed E-state index contributed by atoms with van der Waals surface area (Å²) in [6.07, 6.45) is 0.187. The zero-order chi connectivity index (χ0) is 20.3. The second kappa shape index (κ2) is 7.89. The molecule has 3 rings (SSSR count). The van der Waals surface area contributed by atoms with Crippen molar-refractivity contribution >= 4 is 12.1 Å². The van der Waals surface area contributed by atoms with Crippen LogP contribution in [-0.2, 0) is 14.3 Å². The van der Waals surface area contributed by atoms with E-state index in [0.717, 1.165) is 11.1 Å². The van der Waals surface area contributed by atoms with Crippen molar-refractivity contribution in [3.8, 4) is 0 Å². The second-order valence-electron chi connectivity index (χ2n) is 7.69. The Labute approximate surface area is 165 Å². The number of hydrogen-bond donors (Lipinski definition) is 0. The van der Waals surface area contributed by atoms with Gasteiger partial charge in [-0.25, -0.2) is 9.59 Å². The SMILES string of the molecule is C=C[C@@H]1C(=O)O[C@H](c2ccccc2)[C@H](c2ccccc2)N1C(=O)OC(C)(C)C. The van der Waals surface area contributed by atoms with E-state index in [-0.39, 0.29) is 0 Å². The van der Waals surface area contributed by atoms with Gasteiger partial charge < -0.3 is 9.47 Å². The molecule has 1 aliphatic rings. The number of nitrogens with zero attached hydrogens (tertiary/aromatic N) is 1. The maximum Gasteiger partial charge on any atom is 0.411 e. The van der Waals surface area contributed by atoms with Gasteiger partial charge in [0.05, 0.1) is 0 Å². The predicted octanol–water partition coefficient (Wildman–Crippen LogP) is 4.82. The Balaban J connectivity index is 2.13. The van der Waals surface area contributed by atoms with Gasteiger partial charge in [-0.3, -0.25) is 4.90 Å². The molecule has 0 spiro atoms. The number of morpholine rings is 1. The third-order valence-corrected chi connectivity index (χ3v) is 4.47. The average Bonchev–Trinajstić information content (AvgIpc) is 2.67. The van der Waals surface area contributed by atoms with Crippen molar-refractivity contribution < 1.29 is 19.1 Å². The van der Waals surface area contributed by atoms with Crippen molar-refractivity contribution in [2.75, 3.05) is 0 Å². The van der Waals surface area contributed by atoms with Gasteiger partial charge >= 0.3 is 12.1 Å². The highest BCUT2D eigenvalue weighted by molar-refractivity contribution is 5.85. The monoisotopic (exact) mass is 379 g/mol. The Morgan fingerprint density at radius 2 is 1.57 bits per heavy atom. The number of esters is 1. The number of amides is 1. The summed E-state index contributed by atoms with van der Waals surface area (Å²) in [7, 11) is 0. The quantitative estimate of drug-likeness (QED) is 0.567. The molecule has 0 saturated carbocycles. The lowest BCUT2D eigenvalue weighted by Crippen LogP contribution is -2.54. The molecule has 5 heteroatoms. The molecule has 0 radical (unpaired) electrons. The van der Waals surface area contributed by atoms with Crippen molar-refractivity contribution in [3.05, 3.63) is 84.4 Å². The van der Waals surface area contributed by atoms with Gasteiger partial charge in [0.15, 0.2) is 12.1 Å². The molecule has 2 aromatic rings. The highest BCUT2D eigenvalue weighted by atomic mass is 16.6. The van der Waals surface area contributed by atoms with Crippen molar-refractivity contribution in [1.29, 1.82) is 0 Å². The summed E-state index contributed by atoms with van der Waals surface area (Å²) < 4.78 is 11.4. The normalized spacial score (nSPS) is 22.3. The van der Waals surface area contributed by atoms with Crippen LogP contribution in [0.3, 0.4) is 0 Å². The van der Waals surface area contributed by atoms with Crippen LogP contribution >= 0.6 is 0 Å². The smallest absolute Gasteiger partial charge is 0.411 e. The summed E-state index contributed by atoms with van der Waals surface area (Å²) in [4.78, 5) is 27.3. The molecule has 0 aliphatic carbocycles. The van der Waals surface area contributed by atoms with E-state index in [0.29, 0.717) is 0 Å². The molecule has 2 aromatic carbocycles. The maximum atomic E-state index is 13.1. The molecule has 1 aliphatic heterocycles. The third-order valence-electron chi connectivity index (χ3n) is 4.47. The summed E-state index contributed by atoms with van der Waals surface area (Å²) in [6, 6.07) is 17.5. The molecular formula is C23H25NO4. The molecule has 1 saturated heterocycles. The lowest BCUT2D eigenvalue weighted by molar-refractivity contribution is -0.170. The van der Waals surface area contributed by atoms with E-state index in [2.05, 4.69) is 6.58 Å².